The predicted molar refractivity (Wildman–Crippen MR) is 77.9 cm³/mol. The van der Waals surface area contributed by atoms with Crippen LogP contribution in [0, 0.1) is 20.8 Å². The van der Waals surface area contributed by atoms with Crippen LogP contribution in [0.25, 0.3) is 0 Å². The van der Waals surface area contributed by atoms with Crippen molar-refractivity contribution in [3.8, 4) is 0 Å². The third-order valence-corrected chi connectivity index (χ3v) is 4.02. The van der Waals surface area contributed by atoms with E-state index < -0.39 is 12.0 Å². The molecule has 0 aliphatic carbocycles. The third-order valence-electron chi connectivity index (χ3n) is 2.90. The van der Waals surface area contributed by atoms with Crippen LogP contribution in [0.15, 0.2) is 10.6 Å². The molecule has 21 heavy (non-hydrogen) atoms. The molecule has 112 valence electrons. The van der Waals surface area contributed by atoms with Crippen molar-refractivity contribution in [2.24, 2.45) is 0 Å². The molecular weight excluding hydrogens is 294 g/mol. The van der Waals surface area contributed by atoms with Gasteiger partial charge in [-0.25, -0.2) is 14.6 Å². The lowest BCUT2D eigenvalue weighted by Gasteiger charge is -2.05. The number of aryl methyl sites for hydroxylation is 2. The number of carbonyl (C=O) groups excluding carboxylic acids is 1. The molecule has 7 nitrogen and oxygen atoms in total. The van der Waals surface area contributed by atoms with E-state index in [4.69, 9.17) is 4.42 Å². The summed E-state index contributed by atoms with van der Waals surface area (Å²) in [6.07, 6.45) is 1.56. The maximum Gasteiger partial charge on any atom is 0.338 e. The first kappa shape index (κ1) is 15.0. The van der Waals surface area contributed by atoms with Gasteiger partial charge in [-0.15, -0.1) is 11.3 Å². The zero-order chi connectivity index (χ0) is 15.6. The molecular formula is C13H15N3O4S. The first-order chi connectivity index (χ1) is 9.88. The summed E-state index contributed by atoms with van der Waals surface area (Å²) in [4.78, 5) is 27.9. The summed E-state index contributed by atoms with van der Waals surface area (Å²) in [5, 5.41) is 14.6. The molecule has 0 saturated carbocycles. The Balaban J connectivity index is 2.03. The summed E-state index contributed by atoms with van der Waals surface area (Å²) < 4.78 is 5.22. The van der Waals surface area contributed by atoms with E-state index in [1.165, 1.54) is 11.3 Å². The van der Waals surface area contributed by atoms with E-state index in [2.05, 4.69) is 15.6 Å². The van der Waals surface area contributed by atoms with Crippen LogP contribution in [0.4, 0.5) is 9.80 Å². The van der Waals surface area contributed by atoms with Gasteiger partial charge in [-0.05, 0) is 26.3 Å². The minimum absolute atomic E-state index is 0.125. The molecule has 0 spiro atoms. The average Bonchev–Trinajstić information content (AvgIpc) is 2.92. The van der Waals surface area contributed by atoms with E-state index in [-0.39, 0.29) is 12.1 Å². The topological polar surface area (TPSA) is 104 Å². The molecule has 0 saturated heterocycles. The number of carboxylic acids is 1. The van der Waals surface area contributed by atoms with E-state index in [1.54, 1.807) is 20.0 Å². The molecule has 0 bridgehead atoms. The van der Waals surface area contributed by atoms with E-state index in [9.17, 15) is 14.7 Å². The minimum atomic E-state index is -1.06. The Labute approximate surface area is 125 Å². The molecule has 2 aromatic heterocycles. The van der Waals surface area contributed by atoms with Gasteiger partial charge in [0, 0.05) is 4.88 Å². The highest BCUT2D eigenvalue weighted by Crippen LogP contribution is 2.32. The van der Waals surface area contributed by atoms with Gasteiger partial charge >= 0.3 is 12.0 Å². The van der Waals surface area contributed by atoms with E-state index in [0.29, 0.717) is 22.2 Å². The second-order valence-corrected chi connectivity index (χ2v) is 5.69. The lowest BCUT2D eigenvalue weighted by Crippen LogP contribution is -2.28. The van der Waals surface area contributed by atoms with Crippen LogP contribution in [0.2, 0.25) is 0 Å². The fourth-order valence-electron chi connectivity index (χ4n) is 1.76. The molecule has 0 aliphatic heterocycles. The molecule has 2 amide bonds. The fraction of sp³-hybridized carbons (Fsp3) is 0.308. The lowest BCUT2D eigenvalue weighted by molar-refractivity contribution is 0.0697. The number of carboxylic acid groups (broad SMARTS) is 1. The van der Waals surface area contributed by atoms with Gasteiger partial charge in [0.2, 0.25) is 5.89 Å². The molecule has 2 rings (SSSR count). The van der Waals surface area contributed by atoms with E-state index in [1.807, 2.05) is 6.92 Å². The molecule has 0 unspecified atom stereocenters. The van der Waals surface area contributed by atoms with Crippen LogP contribution < -0.4 is 10.6 Å². The second-order valence-electron chi connectivity index (χ2n) is 4.46. The van der Waals surface area contributed by atoms with Crippen molar-refractivity contribution in [2.45, 2.75) is 27.3 Å². The fourth-order valence-corrected chi connectivity index (χ4v) is 2.81. The van der Waals surface area contributed by atoms with E-state index in [0.717, 1.165) is 4.88 Å². The van der Waals surface area contributed by atoms with Gasteiger partial charge in [-0.2, -0.15) is 0 Å². The summed E-state index contributed by atoms with van der Waals surface area (Å²) >= 11 is 1.23. The van der Waals surface area contributed by atoms with Crippen molar-refractivity contribution >= 4 is 28.3 Å². The number of nitrogens with zero attached hydrogens (tertiary/aromatic N) is 1. The lowest BCUT2D eigenvalue weighted by atomic mass is 10.1. The summed E-state index contributed by atoms with van der Waals surface area (Å²) in [6, 6.07) is -0.505. The summed E-state index contributed by atoms with van der Waals surface area (Å²) in [5.74, 6) is -0.0139. The van der Waals surface area contributed by atoms with Crippen molar-refractivity contribution in [1.29, 1.82) is 0 Å². The smallest absolute Gasteiger partial charge is 0.338 e. The van der Waals surface area contributed by atoms with Crippen molar-refractivity contribution < 1.29 is 19.1 Å². The van der Waals surface area contributed by atoms with Crippen LogP contribution in [-0.2, 0) is 6.54 Å². The maximum atomic E-state index is 11.8. The van der Waals surface area contributed by atoms with Crippen LogP contribution in [0.5, 0.6) is 0 Å². The highest BCUT2D eigenvalue weighted by molar-refractivity contribution is 7.16. The summed E-state index contributed by atoms with van der Waals surface area (Å²) in [6.45, 7) is 5.41. The van der Waals surface area contributed by atoms with Crippen molar-refractivity contribution in [1.82, 2.24) is 10.3 Å². The number of nitrogens with one attached hydrogen (secondary N) is 2. The number of hydrogen-bond acceptors (Lipinski definition) is 5. The number of amides is 2. The van der Waals surface area contributed by atoms with Gasteiger partial charge < -0.3 is 14.8 Å². The standard InChI is InChI=1S/C13H15N3O4S/c1-6-4-14-9(20-6)5-15-13(19)16-11-10(12(17)18)7(2)8(3)21-11/h4H,5H2,1-3H3,(H,17,18)(H2,15,16,19). The molecule has 0 aliphatic rings. The molecule has 2 aromatic rings. The molecule has 0 atom stereocenters. The second kappa shape index (κ2) is 5.96. The quantitative estimate of drug-likeness (QED) is 0.805. The van der Waals surface area contributed by atoms with Crippen LogP contribution in [0.1, 0.15) is 32.4 Å². The number of thiophene rings is 1. The third kappa shape index (κ3) is 3.40. The Morgan fingerprint density at radius 2 is 2.10 bits per heavy atom. The Bertz CT molecular complexity index is 690. The summed E-state index contributed by atoms with van der Waals surface area (Å²) in [7, 11) is 0. The zero-order valence-corrected chi connectivity index (χ0v) is 12.6. The number of carbonyl (C=O) groups is 2. The highest BCUT2D eigenvalue weighted by Gasteiger charge is 2.20. The Kier molecular flexibility index (Phi) is 4.27. The Morgan fingerprint density at radius 1 is 1.38 bits per heavy atom. The SMILES string of the molecule is Cc1cnc(CNC(=O)Nc2sc(C)c(C)c2C(=O)O)o1. The van der Waals surface area contributed by atoms with Gasteiger partial charge in [-0.3, -0.25) is 5.32 Å². The Morgan fingerprint density at radius 3 is 2.67 bits per heavy atom. The number of hydrogen-bond donors (Lipinski definition) is 3. The van der Waals surface area contributed by atoms with Crippen molar-refractivity contribution in [2.75, 3.05) is 5.32 Å². The highest BCUT2D eigenvalue weighted by atomic mass is 32.1. The number of urea groups is 1. The van der Waals surface area contributed by atoms with Crippen LogP contribution in [0.3, 0.4) is 0 Å². The van der Waals surface area contributed by atoms with Crippen molar-refractivity contribution in [3.63, 3.8) is 0 Å². The van der Waals surface area contributed by atoms with Gasteiger partial charge in [0.05, 0.1) is 18.3 Å². The summed E-state index contributed by atoms with van der Waals surface area (Å²) in [5.41, 5.74) is 0.783. The molecule has 0 aromatic carbocycles. The monoisotopic (exact) mass is 309 g/mol. The molecule has 0 fully saturated rings. The zero-order valence-electron chi connectivity index (χ0n) is 11.8. The number of rotatable bonds is 4. The predicted octanol–water partition coefficient (Wildman–Crippen LogP) is 2.68. The number of anilines is 1. The average molecular weight is 309 g/mol. The largest absolute Gasteiger partial charge is 0.478 e. The van der Waals surface area contributed by atoms with Crippen molar-refractivity contribution in [3.05, 3.63) is 33.9 Å². The number of aromatic carboxylic acids is 1. The van der Waals surface area contributed by atoms with Gasteiger partial charge in [0.1, 0.15) is 10.8 Å². The maximum absolute atomic E-state index is 11.8. The Hall–Kier alpha value is -2.35. The van der Waals surface area contributed by atoms with Gasteiger partial charge in [0.15, 0.2) is 0 Å². The first-order valence-corrected chi connectivity index (χ1v) is 6.99. The normalized spacial score (nSPS) is 10.4. The molecule has 2 heterocycles. The molecule has 8 heteroatoms. The molecule has 3 N–H and O–H groups in total. The van der Waals surface area contributed by atoms with Crippen LogP contribution in [-0.4, -0.2) is 22.1 Å². The first-order valence-electron chi connectivity index (χ1n) is 6.18. The van der Waals surface area contributed by atoms with E-state index >= 15 is 0 Å². The number of oxazole rings is 1. The van der Waals surface area contributed by atoms with Crippen LogP contribution >= 0.6 is 11.3 Å². The van der Waals surface area contributed by atoms with Gasteiger partial charge in [-0.1, -0.05) is 0 Å². The molecule has 0 radical (unpaired) electrons. The number of aromatic nitrogens is 1. The van der Waals surface area contributed by atoms with Gasteiger partial charge in [0.25, 0.3) is 0 Å². The minimum Gasteiger partial charge on any atom is -0.478 e.